The van der Waals surface area contributed by atoms with Gasteiger partial charge in [0.25, 0.3) is 5.91 Å². The Bertz CT molecular complexity index is 2550. The number of esters is 1. The predicted molar refractivity (Wildman–Crippen MR) is 336 cm³/mol. The molecular weight excluding hydrogens is 1220 g/mol. The number of aliphatic hydroxyl groups is 3. The Morgan fingerprint density at radius 3 is 1.53 bits per heavy atom. The molecular formula is C65H100N4O24. The Morgan fingerprint density at radius 1 is 0.602 bits per heavy atom. The molecule has 7 N–H and O–H groups in total. The number of anilines is 1. The first-order valence-electron chi connectivity index (χ1n) is 31.4. The number of rotatable bonds is 50. The van der Waals surface area contributed by atoms with Crippen molar-refractivity contribution in [2.45, 2.75) is 116 Å². The lowest BCUT2D eigenvalue weighted by atomic mass is 9.91. The van der Waals surface area contributed by atoms with E-state index in [-0.39, 0.29) is 43.9 Å². The van der Waals surface area contributed by atoms with Crippen LogP contribution in [0.4, 0.5) is 5.69 Å². The zero-order chi connectivity index (χ0) is 68.0. The van der Waals surface area contributed by atoms with E-state index in [1.54, 1.807) is 84.2 Å². The van der Waals surface area contributed by atoms with Gasteiger partial charge in [0.15, 0.2) is 6.10 Å². The lowest BCUT2D eigenvalue weighted by Crippen LogP contribution is -2.59. The normalized spacial score (nSPS) is 18.4. The zero-order valence-electron chi connectivity index (χ0n) is 54.9. The average molecular weight is 1320 g/mol. The Hall–Kier alpha value is -6.06. The highest BCUT2D eigenvalue weighted by Crippen LogP contribution is 2.28. The number of nitrogens with zero attached hydrogens (tertiary/aromatic N) is 1. The molecule has 2 aromatic rings. The summed E-state index contributed by atoms with van der Waals surface area (Å²) in [5.41, 5.74) is 1.44. The van der Waals surface area contributed by atoms with E-state index in [0.29, 0.717) is 161 Å². The number of allylic oxidation sites excluding steroid dienone is 1. The molecule has 0 aliphatic carbocycles. The number of ether oxygens (including phenoxy) is 14. The highest BCUT2D eigenvalue weighted by molar-refractivity contribution is 6.00. The van der Waals surface area contributed by atoms with Gasteiger partial charge in [-0.3, -0.25) is 28.9 Å². The van der Waals surface area contributed by atoms with Crippen LogP contribution in [0.3, 0.4) is 0 Å². The number of aryl methyl sites for hydroxylation is 1. The smallest absolute Gasteiger partial charge is 0.335 e. The molecule has 0 spiro atoms. The summed E-state index contributed by atoms with van der Waals surface area (Å²) in [7, 11) is 1.63. The summed E-state index contributed by atoms with van der Waals surface area (Å²) in [5, 5.41) is 49.1. The Kier molecular flexibility index (Phi) is 38.0. The van der Waals surface area contributed by atoms with Gasteiger partial charge >= 0.3 is 11.9 Å². The molecule has 2 aliphatic heterocycles. The van der Waals surface area contributed by atoms with Crippen LogP contribution in [-0.4, -0.2) is 262 Å². The quantitative estimate of drug-likeness (QED) is 0.0368. The van der Waals surface area contributed by atoms with Gasteiger partial charge in [-0.05, 0) is 93.5 Å². The number of aliphatic hydroxyl groups excluding tert-OH is 3. The molecule has 0 saturated carbocycles. The molecule has 2 heterocycles. The van der Waals surface area contributed by atoms with E-state index >= 15 is 0 Å². The van der Waals surface area contributed by atoms with Gasteiger partial charge in [-0.1, -0.05) is 38.6 Å². The highest BCUT2D eigenvalue weighted by Gasteiger charge is 2.46. The largest absolute Gasteiger partial charge is 0.491 e. The van der Waals surface area contributed by atoms with Crippen molar-refractivity contribution in [2.75, 3.05) is 158 Å². The van der Waals surface area contributed by atoms with Crippen molar-refractivity contribution in [1.82, 2.24) is 15.5 Å². The maximum Gasteiger partial charge on any atom is 0.335 e. The first kappa shape index (κ1) is 79.4. The molecule has 4 amide bonds. The monoisotopic (exact) mass is 1320 g/mol. The molecule has 0 aromatic heterocycles. The third-order valence-corrected chi connectivity index (χ3v) is 14.3. The number of carboxylic acids is 1. The summed E-state index contributed by atoms with van der Waals surface area (Å²) >= 11 is 0. The van der Waals surface area contributed by atoms with Crippen LogP contribution in [0.25, 0.3) is 0 Å². The van der Waals surface area contributed by atoms with Crippen molar-refractivity contribution >= 4 is 41.3 Å². The molecule has 8 atom stereocenters. The molecule has 2 aliphatic rings. The number of carbonyl (C=O) groups excluding carboxylic acids is 5. The van der Waals surface area contributed by atoms with Gasteiger partial charge in [-0.2, -0.15) is 0 Å². The fraction of sp³-hybridized carbons (Fsp3) is 0.662. The number of methoxy groups -OCH3 is 1. The number of hydrogen-bond acceptors (Lipinski definition) is 23. The average Bonchev–Trinajstić information content (AvgIpc) is 1.75. The molecule has 28 nitrogen and oxygen atoms in total. The number of amides is 4. The third kappa shape index (κ3) is 30.5. The number of carboxylic acid groups (broad SMARTS) is 1. The van der Waals surface area contributed by atoms with Crippen molar-refractivity contribution in [3.8, 4) is 5.75 Å². The van der Waals surface area contributed by atoms with Crippen LogP contribution >= 0.6 is 0 Å². The standard InChI is InChI=1S/C65H100N4O24/c1-44(2)55(62(76)66-46(4)60(74)67-50-14-12-49(43-92-64(79)65(5,6)7)48(42-50)13-17-53-56(71)57(72)58(73)59(93-53)63(77)78)68-61(75)52(69-45(3)9-18-54(69)70)41-47-10-15-51(16-11-47)91-40-39-90-38-37-89-36-35-88-34-33-87-32-31-86-30-29-85-28-27-84-26-25-83-24-23-82-22-21-81-20-19-80-8/h9-12,14-16,18,42,44,46,52-53,55-59,71-73H,3,13,17,19-41,43H2,1-2,4-8H3,(H,66,76)(H,67,74)(H,68,75)(H,77,78)/t46-,52-,53-,55-,56-,57+,58-,59-/m0/s1. The van der Waals surface area contributed by atoms with Gasteiger partial charge in [-0.15, -0.1) is 0 Å². The molecule has 1 fully saturated rings. The van der Waals surface area contributed by atoms with Crippen molar-refractivity contribution in [3.05, 3.63) is 83.6 Å². The molecule has 28 heteroatoms. The van der Waals surface area contributed by atoms with E-state index in [2.05, 4.69) is 22.5 Å². The maximum atomic E-state index is 14.3. The van der Waals surface area contributed by atoms with E-state index in [4.69, 9.17) is 66.3 Å². The number of aliphatic carboxylic acids is 1. The fourth-order valence-corrected chi connectivity index (χ4v) is 9.04. The molecule has 2 aromatic carbocycles. The second-order valence-corrected chi connectivity index (χ2v) is 23.1. The minimum Gasteiger partial charge on any atom is -0.491 e. The Balaban J connectivity index is 1.11. The summed E-state index contributed by atoms with van der Waals surface area (Å²) in [6, 6.07) is 8.31. The molecule has 0 unspecified atom stereocenters. The minimum absolute atomic E-state index is 0.0452. The summed E-state index contributed by atoms with van der Waals surface area (Å²) in [4.78, 5) is 80.8. The van der Waals surface area contributed by atoms with Crippen LogP contribution in [0.5, 0.6) is 5.75 Å². The molecule has 93 heavy (non-hydrogen) atoms. The van der Waals surface area contributed by atoms with Gasteiger partial charge in [0.2, 0.25) is 17.7 Å². The van der Waals surface area contributed by atoms with Crippen LogP contribution in [0.1, 0.15) is 64.7 Å². The summed E-state index contributed by atoms with van der Waals surface area (Å²) in [6.07, 6.45) is -5.43. The lowest BCUT2D eigenvalue weighted by Gasteiger charge is -2.39. The fourth-order valence-electron chi connectivity index (χ4n) is 9.04. The van der Waals surface area contributed by atoms with E-state index in [0.717, 1.165) is 0 Å². The predicted octanol–water partition coefficient (Wildman–Crippen LogP) is 1.94. The summed E-state index contributed by atoms with van der Waals surface area (Å²) in [5.74, 6) is -4.37. The Morgan fingerprint density at radius 2 is 1.09 bits per heavy atom. The molecule has 0 radical (unpaired) electrons. The second kappa shape index (κ2) is 44.6. The topological polar surface area (TPSA) is 352 Å². The van der Waals surface area contributed by atoms with E-state index < -0.39 is 95.5 Å². The number of carbonyl (C=O) groups is 6. The summed E-state index contributed by atoms with van der Waals surface area (Å²) in [6.45, 7) is 23.5. The van der Waals surface area contributed by atoms with Crippen LogP contribution < -0.4 is 20.7 Å². The van der Waals surface area contributed by atoms with E-state index in [9.17, 15) is 49.2 Å². The minimum atomic E-state index is -1.87. The van der Waals surface area contributed by atoms with Crippen LogP contribution in [0.2, 0.25) is 0 Å². The van der Waals surface area contributed by atoms with Crippen molar-refractivity contribution in [2.24, 2.45) is 11.3 Å². The number of nitrogens with one attached hydrogen (secondary N) is 3. The Labute approximate surface area is 545 Å². The SMILES string of the molecule is C=C1C=CC(=O)N1[C@@H](Cc1ccc(OCCOCCOCCOCCOCCOCCOCCOCCOCCOCCOCCOC)cc1)C(=O)N[C@H](C(=O)N[C@@H](C)C(=O)Nc1ccc(COC(=O)C(C)(C)C)c(CC[C@@H]2O[C@H](C(=O)O)[C@@H](O)[C@H](O)[C@H]2O)c1)C(C)C. The first-order chi connectivity index (χ1) is 44.6. The molecule has 524 valence electrons. The van der Waals surface area contributed by atoms with Gasteiger partial charge < -0.3 is 103 Å². The lowest BCUT2D eigenvalue weighted by molar-refractivity contribution is -0.228. The maximum absolute atomic E-state index is 14.3. The van der Waals surface area contributed by atoms with Crippen LogP contribution in [0, 0.1) is 11.3 Å². The van der Waals surface area contributed by atoms with Crippen LogP contribution in [-0.2, 0) is 110 Å². The number of benzene rings is 2. The zero-order valence-corrected chi connectivity index (χ0v) is 54.9. The van der Waals surface area contributed by atoms with Gasteiger partial charge in [0.05, 0.1) is 150 Å². The highest BCUT2D eigenvalue weighted by atomic mass is 16.6. The summed E-state index contributed by atoms with van der Waals surface area (Å²) < 4.78 is 76.8. The molecule has 4 rings (SSSR count). The first-order valence-corrected chi connectivity index (χ1v) is 31.4. The molecule has 1 saturated heterocycles. The van der Waals surface area contributed by atoms with Crippen molar-refractivity contribution in [3.63, 3.8) is 0 Å². The molecule has 0 bridgehead atoms. The van der Waals surface area contributed by atoms with Crippen molar-refractivity contribution in [1.29, 1.82) is 0 Å². The van der Waals surface area contributed by atoms with Gasteiger partial charge in [0, 0.05) is 31.0 Å². The van der Waals surface area contributed by atoms with Crippen molar-refractivity contribution < 1.29 is 116 Å². The van der Waals surface area contributed by atoms with Gasteiger partial charge in [-0.25, -0.2) is 4.79 Å². The number of hydrogen-bond donors (Lipinski definition) is 7. The van der Waals surface area contributed by atoms with Gasteiger partial charge in [0.1, 0.15) is 55.4 Å². The second-order valence-electron chi connectivity index (χ2n) is 23.1. The van der Waals surface area contributed by atoms with E-state index in [1.165, 1.54) is 24.0 Å². The third-order valence-electron chi connectivity index (χ3n) is 14.3. The van der Waals surface area contributed by atoms with E-state index in [1.807, 2.05) is 0 Å². The van der Waals surface area contributed by atoms with Crippen LogP contribution in [0.15, 0.2) is 66.9 Å².